The van der Waals surface area contributed by atoms with Crippen LogP contribution >= 0.6 is 0 Å². The highest BCUT2D eigenvalue weighted by Crippen LogP contribution is 2.38. The summed E-state index contributed by atoms with van der Waals surface area (Å²) in [5.41, 5.74) is 0.446. The molecule has 2 aromatic rings. The summed E-state index contributed by atoms with van der Waals surface area (Å²) in [6.07, 6.45) is 4.58. The molecule has 0 atom stereocenters. The van der Waals surface area contributed by atoms with Crippen molar-refractivity contribution in [2.45, 2.75) is 62.8 Å². The number of rotatable bonds is 5. The Bertz CT molecular complexity index is 1000. The molecule has 0 radical (unpaired) electrons. The maximum absolute atomic E-state index is 13.0. The average Bonchev–Trinajstić information content (AvgIpc) is 3.38. The highest BCUT2D eigenvalue weighted by Gasteiger charge is 2.43. The number of carbonyl (C=O) groups excluding carboxylic acids is 1. The number of carbonyl (C=O) groups is 1. The second kappa shape index (κ2) is 8.11. The van der Waals surface area contributed by atoms with Crippen molar-refractivity contribution in [1.29, 1.82) is 0 Å². The first kappa shape index (κ1) is 21.0. The van der Waals surface area contributed by atoms with Crippen molar-refractivity contribution < 1.29 is 17.7 Å². The van der Waals surface area contributed by atoms with Crippen LogP contribution in [0.1, 0.15) is 55.8 Å². The topological polar surface area (TPSA) is 105 Å². The molecular weight excluding hydrogens is 404 g/mol. The Morgan fingerprint density at radius 1 is 1.13 bits per heavy atom. The number of piperidine rings is 1. The van der Waals surface area contributed by atoms with E-state index in [-0.39, 0.29) is 11.8 Å². The molecule has 2 aliphatic rings. The Morgan fingerprint density at radius 3 is 2.33 bits per heavy atom. The van der Waals surface area contributed by atoms with Crippen LogP contribution in [0.25, 0.3) is 0 Å². The van der Waals surface area contributed by atoms with E-state index in [0.717, 1.165) is 31.2 Å². The highest BCUT2D eigenvalue weighted by molar-refractivity contribution is 7.89. The predicted octanol–water partition coefficient (Wildman–Crippen LogP) is 2.67. The van der Waals surface area contributed by atoms with E-state index in [1.54, 1.807) is 31.2 Å². The zero-order valence-corrected chi connectivity index (χ0v) is 18.2. The summed E-state index contributed by atoms with van der Waals surface area (Å²) in [4.78, 5) is 17.7. The Morgan fingerprint density at radius 2 is 1.77 bits per heavy atom. The van der Waals surface area contributed by atoms with Gasteiger partial charge in [-0.05, 0) is 44.7 Å². The molecule has 1 saturated carbocycles. The zero-order chi connectivity index (χ0) is 21.4. The number of benzene rings is 1. The third-order valence-corrected chi connectivity index (χ3v) is 8.17. The first-order valence-electron chi connectivity index (χ1n) is 10.5. The van der Waals surface area contributed by atoms with Gasteiger partial charge in [-0.3, -0.25) is 4.79 Å². The van der Waals surface area contributed by atoms with Crippen molar-refractivity contribution in [3.05, 3.63) is 41.5 Å². The molecule has 4 rings (SSSR count). The van der Waals surface area contributed by atoms with Crippen LogP contribution in [-0.4, -0.2) is 41.9 Å². The van der Waals surface area contributed by atoms with Crippen LogP contribution in [-0.2, 0) is 20.4 Å². The van der Waals surface area contributed by atoms with Gasteiger partial charge in [0, 0.05) is 25.9 Å². The molecule has 2 heterocycles. The van der Waals surface area contributed by atoms with E-state index < -0.39 is 15.6 Å². The van der Waals surface area contributed by atoms with E-state index in [1.165, 1.54) is 4.31 Å². The first-order valence-corrected chi connectivity index (χ1v) is 11.9. The molecule has 1 aliphatic carbocycles. The molecule has 1 saturated heterocycles. The normalized spacial score (nSPS) is 20.3. The van der Waals surface area contributed by atoms with Gasteiger partial charge in [-0.25, -0.2) is 8.42 Å². The Hall–Kier alpha value is -2.26. The van der Waals surface area contributed by atoms with Crippen LogP contribution in [0.2, 0.25) is 0 Å². The maximum Gasteiger partial charge on any atom is 0.243 e. The number of nitrogens with one attached hydrogen (secondary N) is 1. The minimum Gasteiger partial charge on any atom is -0.343 e. The summed E-state index contributed by atoms with van der Waals surface area (Å²) < 4.78 is 32.4. The predicted molar refractivity (Wildman–Crippen MR) is 110 cm³/mol. The van der Waals surface area contributed by atoms with E-state index in [0.29, 0.717) is 42.5 Å². The second-order valence-corrected chi connectivity index (χ2v) is 10.3. The number of hydrogen-bond acceptors (Lipinski definition) is 6. The summed E-state index contributed by atoms with van der Waals surface area (Å²) in [7, 11) is -3.53. The van der Waals surface area contributed by atoms with Gasteiger partial charge in [0.2, 0.25) is 21.8 Å². The van der Waals surface area contributed by atoms with Crippen molar-refractivity contribution in [3.8, 4) is 0 Å². The van der Waals surface area contributed by atoms with Crippen LogP contribution in [0.3, 0.4) is 0 Å². The van der Waals surface area contributed by atoms with Crippen LogP contribution in [0.5, 0.6) is 0 Å². The summed E-state index contributed by atoms with van der Waals surface area (Å²) in [6, 6.07) is 6.88. The molecule has 1 aliphatic heterocycles. The van der Waals surface area contributed by atoms with Gasteiger partial charge in [-0.15, -0.1) is 0 Å². The molecule has 0 spiro atoms. The minimum absolute atomic E-state index is 0.0493. The monoisotopic (exact) mass is 432 g/mol. The molecular formula is C21H28N4O4S. The molecule has 1 aromatic carbocycles. The zero-order valence-electron chi connectivity index (χ0n) is 17.4. The lowest BCUT2D eigenvalue weighted by Gasteiger charge is -2.33. The number of amides is 1. The fourth-order valence-corrected chi connectivity index (χ4v) is 5.90. The number of aromatic nitrogens is 2. The fraction of sp³-hybridized carbons (Fsp3) is 0.571. The van der Waals surface area contributed by atoms with Crippen LogP contribution in [0, 0.1) is 19.8 Å². The van der Waals surface area contributed by atoms with Crippen molar-refractivity contribution in [3.63, 3.8) is 0 Å². The van der Waals surface area contributed by atoms with Crippen LogP contribution in [0.4, 0.5) is 0 Å². The lowest BCUT2D eigenvalue weighted by Crippen LogP contribution is -2.49. The largest absolute Gasteiger partial charge is 0.343 e. The van der Waals surface area contributed by atoms with Gasteiger partial charge < -0.3 is 9.84 Å². The van der Waals surface area contributed by atoms with Gasteiger partial charge in [-0.2, -0.15) is 9.29 Å². The van der Waals surface area contributed by atoms with Crippen molar-refractivity contribution in [2.24, 2.45) is 5.92 Å². The van der Waals surface area contributed by atoms with E-state index >= 15 is 0 Å². The number of nitrogens with zero attached hydrogens (tertiary/aromatic N) is 3. The summed E-state index contributed by atoms with van der Waals surface area (Å²) in [6.45, 7) is 4.34. The number of sulfonamides is 1. The molecule has 0 unspecified atom stereocenters. The standard InChI is InChI=1S/C21H28N4O4S/c1-15-5-7-18(8-6-15)30(27,28)25-13-9-17(10-14-25)19(26)23-21(11-3-4-12-21)20-22-16(2)29-24-20/h5-8,17H,3-4,9-14H2,1-2H3,(H,23,26). The summed E-state index contributed by atoms with van der Waals surface area (Å²) in [5.74, 6) is 0.761. The number of hydrogen-bond donors (Lipinski definition) is 1. The molecule has 8 nitrogen and oxygen atoms in total. The van der Waals surface area contributed by atoms with Crippen molar-refractivity contribution in [1.82, 2.24) is 19.8 Å². The Labute approximate surface area is 177 Å². The van der Waals surface area contributed by atoms with Gasteiger partial charge in [0.1, 0.15) is 5.54 Å². The Balaban J connectivity index is 1.41. The van der Waals surface area contributed by atoms with E-state index in [4.69, 9.17) is 4.52 Å². The molecule has 1 aromatic heterocycles. The fourth-order valence-electron chi connectivity index (χ4n) is 4.43. The van der Waals surface area contributed by atoms with E-state index in [2.05, 4.69) is 15.5 Å². The molecule has 2 fully saturated rings. The molecule has 162 valence electrons. The summed E-state index contributed by atoms with van der Waals surface area (Å²) >= 11 is 0. The lowest BCUT2D eigenvalue weighted by atomic mass is 9.92. The van der Waals surface area contributed by atoms with Crippen LogP contribution in [0.15, 0.2) is 33.7 Å². The van der Waals surface area contributed by atoms with Gasteiger partial charge in [0.15, 0.2) is 5.82 Å². The molecule has 1 N–H and O–H groups in total. The van der Waals surface area contributed by atoms with Gasteiger partial charge in [-0.1, -0.05) is 35.7 Å². The van der Waals surface area contributed by atoms with Crippen molar-refractivity contribution in [2.75, 3.05) is 13.1 Å². The average molecular weight is 433 g/mol. The maximum atomic E-state index is 13.0. The SMILES string of the molecule is Cc1ccc(S(=O)(=O)N2CCC(C(=O)NC3(c4noc(C)n4)CCCC3)CC2)cc1. The van der Waals surface area contributed by atoms with E-state index in [9.17, 15) is 13.2 Å². The summed E-state index contributed by atoms with van der Waals surface area (Å²) in [5, 5.41) is 7.26. The van der Waals surface area contributed by atoms with Gasteiger partial charge in [0.05, 0.1) is 4.90 Å². The quantitative estimate of drug-likeness (QED) is 0.779. The molecule has 9 heteroatoms. The molecule has 1 amide bonds. The minimum atomic E-state index is -3.53. The van der Waals surface area contributed by atoms with Gasteiger partial charge >= 0.3 is 0 Å². The van der Waals surface area contributed by atoms with Gasteiger partial charge in [0.25, 0.3) is 0 Å². The van der Waals surface area contributed by atoms with E-state index in [1.807, 2.05) is 6.92 Å². The smallest absolute Gasteiger partial charge is 0.243 e. The third kappa shape index (κ3) is 4.00. The first-order chi connectivity index (χ1) is 14.3. The lowest BCUT2D eigenvalue weighted by molar-refractivity contribution is -0.128. The van der Waals surface area contributed by atoms with Crippen molar-refractivity contribution >= 4 is 15.9 Å². The number of aryl methyl sites for hydroxylation is 2. The molecule has 30 heavy (non-hydrogen) atoms. The Kier molecular flexibility index (Phi) is 5.67. The third-order valence-electron chi connectivity index (χ3n) is 6.26. The second-order valence-electron chi connectivity index (χ2n) is 8.41. The van der Waals surface area contributed by atoms with Crippen LogP contribution < -0.4 is 5.32 Å². The highest BCUT2D eigenvalue weighted by atomic mass is 32.2. The molecule has 0 bridgehead atoms.